The summed E-state index contributed by atoms with van der Waals surface area (Å²) in [6, 6.07) is 4.88. The number of hydrogen-bond acceptors (Lipinski definition) is 5. The van der Waals surface area contributed by atoms with Crippen molar-refractivity contribution in [3.05, 3.63) is 23.8 Å². The first kappa shape index (κ1) is 15.3. The number of rotatable bonds is 7. The third kappa shape index (κ3) is 5.15. The molecule has 0 bridgehead atoms. The van der Waals surface area contributed by atoms with E-state index in [1.54, 1.807) is 25.3 Å². The highest BCUT2D eigenvalue weighted by Crippen LogP contribution is 2.15. The van der Waals surface area contributed by atoms with Crippen LogP contribution in [-0.2, 0) is 4.74 Å². The Morgan fingerprint density at radius 1 is 1.37 bits per heavy atom. The summed E-state index contributed by atoms with van der Waals surface area (Å²) in [7, 11) is 3.64. The number of likely N-dealkylation sites (N-methyl/N-ethyl adjacent to an activating group) is 1. The van der Waals surface area contributed by atoms with Crippen LogP contribution in [-0.4, -0.2) is 51.2 Å². The molecule has 0 radical (unpaired) electrons. The first-order valence-corrected chi connectivity index (χ1v) is 6.15. The van der Waals surface area contributed by atoms with E-state index in [4.69, 9.17) is 16.2 Å². The molecule has 5 N–H and O–H groups in total. The van der Waals surface area contributed by atoms with Gasteiger partial charge in [0.2, 0.25) is 0 Å². The molecular weight excluding hydrogens is 244 g/mol. The summed E-state index contributed by atoms with van der Waals surface area (Å²) in [4.78, 5) is 14.0. The molecule has 0 spiro atoms. The molecule has 0 saturated heterocycles. The van der Waals surface area contributed by atoms with E-state index in [9.17, 15) is 4.79 Å². The van der Waals surface area contributed by atoms with Crippen LogP contribution >= 0.6 is 0 Å². The molecule has 0 atom stereocenters. The van der Waals surface area contributed by atoms with Crippen LogP contribution in [0.2, 0.25) is 0 Å². The van der Waals surface area contributed by atoms with Crippen LogP contribution < -0.4 is 16.8 Å². The second-order valence-electron chi connectivity index (χ2n) is 4.40. The molecule has 0 aromatic heterocycles. The molecule has 0 aliphatic heterocycles. The SMILES string of the molecule is COCCN(C)CCNC(=O)c1ccc(N)cc1N. The highest BCUT2D eigenvalue weighted by atomic mass is 16.5. The number of nitrogens with two attached hydrogens (primary N) is 2. The van der Waals surface area contributed by atoms with E-state index in [1.165, 1.54) is 0 Å². The monoisotopic (exact) mass is 266 g/mol. The van der Waals surface area contributed by atoms with Crippen LogP contribution in [0.15, 0.2) is 18.2 Å². The standard InChI is InChI=1S/C13H22N4O2/c1-17(7-8-19-2)6-5-16-13(18)11-4-3-10(14)9-12(11)15/h3-4,9H,5-8,14-15H2,1-2H3,(H,16,18). The highest BCUT2D eigenvalue weighted by molar-refractivity contribution is 5.99. The lowest BCUT2D eigenvalue weighted by Crippen LogP contribution is -2.34. The molecule has 0 unspecified atom stereocenters. The average Bonchev–Trinajstić information content (AvgIpc) is 2.36. The van der Waals surface area contributed by atoms with Crippen LogP contribution in [0.3, 0.4) is 0 Å². The number of carbonyl (C=O) groups excluding carboxylic acids is 1. The Morgan fingerprint density at radius 2 is 2.11 bits per heavy atom. The molecule has 1 aromatic carbocycles. The van der Waals surface area contributed by atoms with Crippen LogP contribution in [0.4, 0.5) is 11.4 Å². The van der Waals surface area contributed by atoms with Gasteiger partial charge in [-0.1, -0.05) is 0 Å². The highest BCUT2D eigenvalue weighted by Gasteiger charge is 2.09. The van der Waals surface area contributed by atoms with E-state index in [0.29, 0.717) is 30.1 Å². The predicted molar refractivity (Wildman–Crippen MR) is 77.0 cm³/mol. The molecule has 0 aliphatic rings. The Labute approximate surface area is 113 Å². The van der Waals surface area contributed by atoms with Gasteiger partial charge in [-0.25, -0.2) is 0 Å². The van der Waals surface area contributed by atoms with E-state index in [1.807, 2.05) is 7.05 Å². The van der Waals surface area contributed by atoms with Crippen LogP contribution in [0.1, 0.15) is 10.4 Å². The number of ether oxygens (including phenoxy) is 1. The van der Waals surface area contributed by atoms with Gasteiger partial charge in [-0.3, -0.25) is 4.79 Å². The molecule has 106 valence electrons. The maximum Gasteiger partial charge on any atom is 0.253 e. The normalized spacial score (nSPS) is 10.7. The van der Waals surface area contributed by atoms with Crippen molar-refractivity contribution < 1.29 is 9.53 Å². The van der Waals surface area contributed by atoms with Crippen molar-refractivity contribution >= 4 is 17.3 Å². The number of amides is 1. The summed E-state index contributed by atoms with van der Waals surface area (Å²) in [6.45, 7) is 2.82. The third-order valence-electron chi connectivity index (χ3n) is 2.78. The fourth-order valence-electron chi connectivity index (χ4n) is 1.60. The number of nitrogen functional groups attached to an aromatic ring is 2. The summed E-state index contributed by atoms with van der Waals surface area (Å²) in [5, 5.41) is 2.82. The third-order valence-corrected chi connectivity index (χ3v) is 2.78. The van der Waals surface area contributed by atoms with E-state index < -0.39 is 0 Å². The smallest absolute Gasteiger partial charge is 0.253 e. The van der Waals surface area contributed by atoms with Gasteiger partial charge >= 0.3 is 0 Å². The number of methoxy groups -OCH3 is 1. The number of anilines is 2. The first-order valence-electron chi connectivity index (χ1n) is 6.15. The van der Waals surface area contributed by atoms with Gasteiger partial charge in [-0.2, -0.15) is 0 Å². The van der Waals surface area contributed by atoms with Crippen LogP contribution in [0.25, 0.3) is 0 Å². The van der Waals surface area contributed by atoms with Crippen LogP contribution in [0, 0.1) is 0 Å². The lowest BCUT2D eigenvalue weighted by Gasteiger charge is -2.16. The Bertz CT molecular complexity index is 423. The number of nitrogens with zero attached hydrogens (tertiary/aromatic N) is 1. The van der Waals surface area contributed by atoms with Crippen molar-refractivity contribution in [1.82, 2.24) is 10.2 Å². The van der Waals surface area contributed by atoms with Crippen molar-refractivity contribution in [2.24, 2.45) is 0 Å². The van der Waals surface area contributed by atoms with E-state index in [0.717, 1.165) is 13.1 Å². The molecular formula is C13H22N4O2. The van der Waals surface area contributed by atoms with E-state index in [2.05, 4.69) is 10.2 Å². The minimum atomic E-state index is -0.183. The number of nitrogens with one attached hydrogen (secondary N) is 1. The number of hydrogen-bond donors (Lipinski definition) is 3. The zero-order chi connectivity index (χ0) is 14.3. The van der Waals surface area contributed by atoms with E-state index in [-0.39, 0.29) is 5.91 Å². The first-order chi connectivity index (χ1) is 9.04. The zero-order valence-corrected chi connectivity index (χ0v) is 11.5. The lowest BCUT2D eigenvalue weighted by atomic mass is 10.1. The fourth-order valence-corrected chi connectivity index (χ4v) is 1.60. The largest absolute Gasteiger partial charge is 0.399 e. The molecule has 0 saturated carbocycles. The molecule has 0 aliphatic carbocycles. The lowest BCUT2D eigenvalue weighted by molar-refractivity contribution is 0.0948. The quantitative estimate of drug-likeness (QED) is 0.611. The van der Waals surface area contributed by atoms with Crippen molar-refractivity contribution in [2.45, 2.75) is 0 Å². The van der Waals surface area contributed by atoms with Crippen molar-refractivity contribution in [3.63, 3.8) is 0 Å². The van der Waals surface area contributed by atoms with Crippen molar-refractivity contribution in [1.29, 1.82) is 0 Å². The van der Waals surface area contributed by atoms with Gasteiger partial charge in [-0.05, 0) is 25.2 Å². The molecule has 6 nitrogen and oxygen atoms in total. The van der Waals surface area contributed by atoms with E-state index >= 15 is 0 Å². The van der Waals surface area contributed by atoms with Crippen LogP contribution in [0.5, 0.6) is 0 Å². The second-order valence-corrected chi connectivity index (χ2v) is 4.40. The van der Waals surface area contributed by atoms with Gasteiger partial charge in [0, 0.05) is 38.1 Å². The molecule has 0 fully saturated rings. The minimum Gasteiger partial charge on any atom is -0.399 e. The summed E-state index contributed by atoms with van der Waals surface area (Å²) >= 11 is 0. The second kappa shape index (κ2) is 7.60. The maximum absolute atomic E-state index is 11.9. The summed E-state index contributed by atoms with van der Waals surface area (Å²) in [6.07, 6.45) is 0. The summed E-state index contributed by atoms with van der Waals surface area (Å²) < 4.78 is 4.98. The van der Waals surface area contributed by atoms with Crippen molar-refractivity contribution in [2.75, 3.05) is 51.9 Å². The fraction of sp³-hybridized carbons (Fsp3) is 0.462. The molecule has 1 amide bonds. The summed E-state index contributed by atoms with van der Waals surface area (Å²) in [5.41, 5.74) is 12.7. The van der Waals surface area contributed by atoms with Crippen molar-refractivity contribution in [3.8, 4) is 0 Å². The van der Waals surface area contributed by atoms with Gasteiger partial charge in [0.05, 0.1) is 12.2 Å². The molecule has 19 heavy (non-hydrogen) atoms. The Kier molecular flexibility index (Phi) is 6.11. The minimum absolute atomic E-state index is 0.183. The number of benzene rings is 1. The van der Waals surface area contributed by atoms with Gasteiger partial charge < -0.3 is 26.4 Å². The molecule has 1 rings (SSSR count). The van der Waals surface area contributed by atoms with Gasteiger partial charge in [-0.15, -0.1) is 0 Å². The Balaban J connectivity index is 2.39. The zero-order valence-electron chi connectivity index (χ0n) is 11.5. The Hall–Kier alpha value is -1.79. The number of carbonyl (C=O) groups is 1. The summed E-state index contributed by atoms with van der Waals surface area (Å²) in [5.74, 6) is -0.183. The predicted octanol–water partition coefficient (Wildman–Crippen LogP) is 0.159. The average molecular weight is 266 g/mol. The molecule has 0 heterocycles. The van der Waals surface area contributed by atoms with Gasteiger partial charge in [0.1, 0.15) is 0 Å². The molecule has 1 aromatic rings. The Morgan fingerprint density at radius 3 is 2.74 bits per heavy atom. The van der Waals surface area contributed by atoms with Gasteiger partial charge in [0.15, 0.2) is 0 Å². The maximum atomic E-state index is 11.9. The topological polar surface area (TPSA) is 93.6 Å². The molecule has 6 heteroatoms. The van der Waals surface area contributed by atoms with Gasteiger partial charge in [0.25, 0.3) is 5.91 Å².